The van der Waals surface area contributed by atoms with Gasteiger partial charge in [0.05, 0.1) is 10.6 Å². The predicted molar refractivity (Wildman–Crippen MR) is 121 cm³/mol. The zero-order valence-electron chi connectivity index (χ0n) is 16.6. The number of benzene rings is 2. The second kappa shape index (κ2) is 8.60. The summed E-state index contributed by atoms with van der Waals surface area (Å²) in [4.78, 5) is 8.63. The Morgan fingerprint density at radius 2 is 1.69 bits per heavy atom. The van der Waals surface area contributed by atoms with Gasteiger partial charge < -0.3 is 9.88 Å². The molecule has 0 unspecified atom stereocenters. The van der Waals surface area contributed by atoms with Crippen LogP contribution in [-0.4, -0.2) is 55.9 Å². The molecule has 2 aromatic carbocycles. The summed E-state index contributed by atoms with van der Waals surface area (Å²) in [6.45, 7) is 8.14. The molecule has 3 aromatic rings. The minimum atomic E-state index is -3.42. The molecule has 0 bridgehead atoms. The number of piperazine rings is 1. The molecule has 0 radical (unpaired) electrons. The van der Waals surface area contributed by atoms with Crippen LogP contribution in [0, 0.1) is 0 Å². The van der Waals surface area contributed by atoms with Crippen LogP contribution in [-0.2, 0) is 22.1 Å². The molecule has 0 aliphatic carbocycles. The minimum absolute atomic E-state index is 0.0203. The Bertz CT molecular complexity index is 1090. The van der Waals surface area contributed by atoms with E-state index in [4.69, 9.17) is 0 Å². The second-order valence-corrected chi connectivity index (χ2v) is 10.5. The Hall–Kier alpha value is -1.67. The second-order valence-electron chi connectivity index (χ2n) is 7.55. The first-order valence-corrected chi connectivity index (χ1v) is 12.4. The molecular formula is C22H26BrN3O2S. The summed E-state index contributed by atoms with van der Waals surface area (Å²) < 4.78 is 27.0. The van der Waals surface area contributed by atoms with Crippen molar-refractivity contribution >= 4 is 36.7 Å². The van der Waals surface area contributed by atoms with E-state index in [-0.39, 0.29) is 5.75 Å². The Balaban J connectivity index is 1.67. The highest BCUT2D eigenvalue weighted by Gasteiger charge is 2.23. The smallest absolute Gasteiger partial charge is 0.183 e. The number of fused-ring (bicyclic) bond motifs is 1. The van der Waals surface area contributed by atoms with Gasteiger partial charge in [0.25, 0.3) is 0 Å². The Morgan fingerprint density at radius 3 is 2.38 bits per heavy atom. The van der Waals surface area contributed by atoms with Gasteiger partial charge in [-0.15, -0.1) is 0 Å². The summed E-state index contributed by atoms with van der Waals surface area (Å²) in [5.74, 6) is -0.0203. The molecule has 1 aliphatic heterocycles. The summed E-state index contributed by atoms with van der Waals surface area (Å²) >= 11 is 3.56. The fourth-order valence-corrected chi connectivity index (χ4v) is 5.69. The molecule has 154 valence electrons. The molecule has 1 aliphatic rings. The van der Waals surface area contributed by atoms with Crippen LogP contribution >= 0.6 is 15.9 Å². The topological polar surface area (TPSA) is 56.4 Å². The number of hydrogen-bond donors (Lipinski definition) is 1. The van der Waals surface area contributed by atoms with Gasteiger partial charge in [0.15, 0.2) is 9.84 Å². The van der Waals surface area contributed by atoms with Crippen LogP contribution < -0.4 is 0 Å². The minimum Gasteiger partial charge on any atom is -0.357 e. The van der Waals surface area contributed by atoms with Gasteiger partial charge in [-0.2, -0.15) is 0 Å². The molecule has 0 amide bonds. The fraction of sp³-hybridized carbons (Fsp3) is 0.364. The molecule has 1 aromatic heterocycles. The molecule has 5 nitrogen and oxygen atoms in total. The number of halogens is 1. The number of rotatable bonds is 6. The van der Waals surface area contributed by atoms with Crippen molar-refractivity contribution < 1.29 is 8.42 Å². The van der Waals surface area contributed by atoms with Gasteiger partial charge in [-0.1, -0.05) is 41.1 Å². The van der Waals surface area contributed by atoms with E-state index in [2.05, 4.69) is 43.7 Å². The number of aromatic amines is 1. The number of likely N-dealkylation sites (N-methyl/N-ethyl adjacent to an activating group) is 1. The van der Waals surface area contributed by atoms with Crippen molar-refractivity contribution in [3.05, 3.63) is 64.3 Å². The van der Waals surface area contributed by atoms with Crippen molar-refractivity contribution in [1.29, 1.82) is 0 Å². The van der Waals surface area contributed by atoms with Gasteiger partial charge in [0, 0.05) is 53.8 Å². The van der Waals surface area contributed by atoms with E-state index >= 15 is 0 Å². The normalized spacial score (nSPS) is 16.5. The monoisotopic (exact) mass is 475 g/mol. The van der Waals surface area contributed by atoms with E-state index in [9.17, 15) is 8.42 Å². The van der Waals surface area contributed by atoms with Gasteiger partial charge in [-0.3, -0.25) is 4.90 Å². The third-order valence-electron chi connectivity index (χ3n) is 5.69. The number of nitrogens with zero attached hydrogens (tertiary/aromatic N) is 2. The molecule has 29 heavy (non-hydrogen) atoms. The van der Waals surface area contributed by atoms with E-state index in [0.717, 1.165) is 65.9 Å². The van der Waals surface area contributed by atoms with Crippen LogP contribution in [0.1, 0.15) is 18.2 Å². The Kier molecular flexibility index (Phi) is 6.11. The van der Waals surface area contributed by atoms with Crippen LogP contribution in [0.4, 0.5) is 0 Å². The van der Waals surface area contributed by atoms with Crippen molar-refractivity contribution in [1.82, 2.24) is 14.8 Å². The molecule has 1 fully saturated rings. The van der Waals surface area contributed by atoms with E-state index in [1.807, 2.05) is 18.2 Å². The van der Waals surface area contributed by atoms with E-state index < -0.39 is 9.84 Å². The molecule has 1 N–H and O–H groups in total. The maximum Gasteiger partial charge on any atom is 0.183 e. The Morgan fingerprint density at radius 1 is 1.00 bits per heavy atom. The molecule has 4 rings (SSSR count). The fourth-order valence-electron chi connectivity index (χ4n) is 3.97. The maximum atomic E-state index is 13.0. The largest absolute Gasteiger partial charge is 0.357 e. The first-order valence-electron chi connectivity index (χ1n) is 9.98. The lowest BCUT2D eigenvalue weighted by molar-refractivity contribution is 0.132. The lowest BCUT2D eigenvalue weighted by atomic mass is 10.1. The van der Waals surface area contributed by atoms with Crippen molar-refractivity contribution in [2.75, 3.05) is 32.7 Å². The van der Waals surface area contributed by atoms with Crippen LogP contribution in [0.3, 0.4) is 0 Å². The third kappa shape index (κ3) is 4.58. The number of H-pyrrole nitrogens is 1. The molecule has 2 heterocycles. The lowest BCUT2D eigenvalue weighted by Gasteiger charge is -2.34. The summed E-state index contributed by atoms with van der Waals surface area (Å²) in [6, 6.07) is 14.8. The van der Waals surface area contributed by atoms with Crippen LogP contribution in [0.25, 0.3) is 10.9 Å². The van der Waals surface area contributed by atoms with E-state index in [1.165, 1.54) is 0 Å². The number of sulfone groups is 1. The average molecular weight is 476 g/mol. The maximum absolute atomic E-state index is 13.0. The van der Waals surface area contributed by atoms with Gasteiger partial charge in [-0.05, 0) is 42.4 Å². The van der Waals surface area contributed by atoms with Crippen molar-refractivity contribution in [3.63, 3.8) is 0 Å². The van der Waals surface area contributed by atoms with Gasteiger partial charge in [-0.25, -0.2) is 8.42 Å². The molecule has 1 saturated heterocycles. The van der Waals surface area contributed by atoms with Crippen LogP contribution in [0.5, 0.6) is 0 Å². The zero-order chi connectivity index (χ0) is 20.4. The highest BCUT2D eigenvalue weighted by atomic mass is 79.9. The van der Waals surface area contributed by atoms with Gasteiger partial charge in [0.1, 0.15) is 0 Å². The first kappa shape index (κ1) is 20.6. The highest BCUT2D eigenvalue weighted by Crippen LogP contribution is 2.29. The van der Waals surface area contributed by atoms with E-state index in [0.29, 0.717) is 4.90 Å². The number of aromatic nitrogens is 1. The van der Waals surface area contributed by atoms with Crippen molar-refractivity contribution in [2.24, 2.45) is 0 Å². The van der Waals surface area contributed by atoms with Crippen molar-refractivity contribution in [3.8, 4) is 0 Å². The Labute approximate surface area is 180 Å². The van der Waals surface area contributed by atoms with Crippen LogP contribution in [0.15, 0.2) is 57.9 Å². The third-order valence-corrected chi connectivity index (χ3v) is 7.84. The first-order chi connectivity index (χ1) is 14.0. The average Bonchev–Trinajstić information content (AvgIpc) is 3.05. The molecule has 0 saturated carbocycles. The van der Waals surface area contributed by atoms with Crippen LogP contribution in [0.2, 0.25) is 0 Å². The standard InChI is InChI=1S/C22H26BrN3O2S/c1-2-25-10-12-26(13-11-25)15-20-19-14-17(23)8-9-21(19)24-22(20)16-29(27,28)18-6-4-3-5-7-18/h3-9,14,24H,2,10-13,15-16H2,1H3. The zero-order valence-corrected chi connectivity index (χ0v) is 19.0. The molecule has 7 heteroatoms. The predicted octanol–water partition coefficient (Wildman–Crippen LogP) is 4.04. The summed E-state index contributed by atoms with van der Waals surface area (Å²) in [6.07, 6.45) is 0. The summed E-state index contributed by atoms with van der Waals surface area (Å²) in [7, 11) is -3.42. The molecule has 0 atom stereocenters. The van der Waals surface area contributed by atoms with E-state index in [1.54, 1.807) is 24.3 Å². The molecular weight excluding hydrogens is 450 g/mol. The van der Waals surface area contributed by atoms with Crippen molar-refractivity contribution in [2.45, 2.75) is 24.1 Å². The summed E-state index contributed by atoms with van der Waals surface area (Å²) in [5, 5.41) is 1.09. The SMILES string of the molecule is CCN1CCN(Cc2c(CS(=O)(=O)c3ccccc3)[nH]c3ccc(Br)cc23)CC1. The quantitative estimate of drug-likeness (QED) is 0.584. The number of nitrogens with one attached hydrogen (secondary N) is 1. The molecule has 0 spiro atoms. The summed E-state index contributed by atoms with van der Waals surface area (Å²) in [5.41, 5.74) is 2.86. The van der Waals surface area contributed by atoms with Gasteiger partial charge in [0.2, 0.25) is 0 Å². The number of hydrogen-bond acceptors (Lipinski definition) is 4. The van der Waals surface area contributed by atoms with Gasteiger partial charge >= 0.3 is 0 Å². The lowest BCUT2D eigenvalue weighted by Crippen LogP contribution is -2.45. The highest BCUT2D eigenvalue weighted by molar-refractivity contribution is 9.10.